The monoisotopic (exact) mass is 288 g/mol. The van der Waals surface area contributed by atoms with Gasteiger partial charge in [0.15, 0.2) is 11.3 Å². The third kappa shape index (κ3) is 1.86. The van der Waals surface area contributed by atoms with Gasteiger partial charge < -0.3 is 10.8 Å². The topological polar surface area (TPSA) is 93.5 Å². The van der Waals surface area contributed by atoms with Gasteiger partial charge in [-0.3, -0.25) is 0 Å². The molecule has 0 atom stereocenters. The van der Waals surface area contributed by atoms with Gasteiger partial charge >= 0.3 is 5.97 Å². The first-order chi connectivity index (χ1) is 9.58. The third-order valence-electron chi connectivity index (χ3n) is 2.88. The molecule has 3 rings (SSSR count). The number of hydrogen-bond acceptors (Lipinski definition) is 4. The van der Waals surface area contributed by atoms with Crippen molar-refractivity contribution in [2.24, 2.45) is 0 Å². The molecule has 0 spiro atoms. The number of benzene rings is 1. The molecule has 0 amide bonds. The van der Waals surface area contributed by atoms with E-state index in [4.69, 9.17) is 22.4 Å². The Morgan fingerprint density at radius 1 is 1.20 bits per heavy atom. The number of nitrogens with zero attached hydrogens (tertiary/aromatic N) is 3. The SMILES string of the molecule is Nc1nc2c(-c3ccccc3Cl)ccc(C(=O)O)n2n1. The smallest absolute Gasteiger partial charge is 0.354 e. The van der Waals surface area contributed by atoms with Crippen molar-refractivity contribution in [1.82, 2.24) is 14.6 Å². The van der Waals surface area contributed by atoms with Crippen molar-refractivity contribution >= 4 is 29.2 Å². The number of nitrogen functional groups attached to an aromatic ring is 1. The van der Waals surface area contributed by atoms with Gasteiger partial charge in [0.05, 0.1) is 0 Å². The fraction of sp³-hybridized carbons (Fsp3) is 0. The summed E-state index contributed by atoms with van der Waals surface area (Å²) in [6.07, 6.45) is 0. The van der Waals surface area contributed by atoms with Crippen LogP contribution in [0.4, 0.5) is 5.95 Å². The van der Waals surface area contributed by atoms with Crippen molar-refractivity contribution in [2.75, 3.05) is 5.73 Å². The summed E-state index contributed by atoms with van der Waals surface area (Å²) < 4.78 is 1.20. The molecule has 1 aromatic carbocycles. The van der Waals surface area contributed by atoms with Gasteiger partial charge in [-0.2, -0.15) is 4.98 Å². The molecule has 0 bridgehead atoms. The first-order valence-electron chi connectivity index (χ1n) is 5.71. The normalized spacial score (nSPS) is 10.8. The lowest BCUT2D eigenvalue weighted by Crippen LogP contribution is -2.07. The summed E-state index contributed by atoms with van der Waals surface area (Å²) >= 11 is 6.16. The fourth-order valence-corrected chi connectivity index (χ4v) is 2.27. The van der Waals surface area contributed by atoms with Crippen molar-refractivity contribution < 1.29 is 9.90 Å². The number of carboxylic acids is 1. The number of hydrogen-bond donors (Lipinski definition) is 2. The Balaban J connectivity index is 2.36. The molecule has 3 N–H and O–H groups in total. The summed E-state index contributed by atoms with van der Waals surface area (Å²) in [7, 11) is 0. The molecule has 3 aromatic rings. The lowest BCUT2D eigenvalue weighted by atomic mass is 10.1. The van der Waals surface area contributed by atoms with Gasteiger partial charge in [0, 0.05) is 16.1 Å². The number of nitrogens with two attached hydrogens (primary N) is 1. The zero-order valence-electron chi connectivity index (χ0n) is 10.1. The number of rotatable bonds is 2. The van der Waals surface area contributed by atoms with E-state index in [-0.39, 0.29) is 11.6 Å². The maximum Gasteiger partial charge on any atom is 0.354 e. The average Bonchev–Trinajstić information content (AvgIpc) is 2.79. The maximum absolute atomic E-state index is 11.2. The second kappa shape index (κ2) is 4.50. The van der Waals surface area contributed by atoms with E-state index in [1.807, 2.05) is 18.2 Å². The molecular formula is C13H9ClN4O2. The highest BCUT2D eigenvalue weighted by Crippen LogP contribution is 2.30. The number of anilines is 1. The van der Waals surface area contributed by atoms with E-state index in [1.165, 1.54) is 10.6 Å². The molecule has 0 aliphatic heterocycles. The number of halogens is 1. The van der Waals surface area contributed by atoms with Crippen molar-refractivity contribution in [3.8, 4) is 11.1 Å². The van der Waals surface area contributed by atoms with Crippen LogP contribution in [-0.4, -0.2) is 25.7 Å². The highest BCUT2D eigenvalue weighted by Gasteiger charge is 2.16. The van der Waals surface area contributed by atoms with Crippen LogP contribution in [0.2, 0.25) is 5.02 Å². The second-order valence-electron chi connectivity index (χ2n) is 4.12. The fourth-order valence-electron chi connectivity index (χ4n) is 2.03. The number of fused-ring (bicyclic) bond motifs is 1. The predicted molar refractivity (Wildman–Crippen MR) is 74.8 cm³/mol. The van der Waals surface area contributed by atoms with E-state index in [0.717, 1.165) is 5.56 Å². The molecule has 6 nitrogen and oxygen atoms in total. The first kappa shape index (κ1) is 12.4. The lowest BCUT2D eigenvalue weighted by molar-refractivity contribution is 0.0687. The van der Waals surface area contributed by atoms with Crippen molar-refractivity contribution in [3.05, 3.63) is 47.1 Å². The van der Waals surface area contributed by atoms with E-state index >= 15 is 0 Å². The van der Waals surface area contributed by atoms with E-state index in [2.05, 4.69) is 10.1 Å². The third-order valence-corrected chi connectivity index (χ3v) is 3.21. The molecule has 20 heavy (non-hydrogen) atoms. The van der Waals surface area contributed by atoms with Crippen molar-refractivity contribution in [2.45, 2.75) is 0 Å². The predicted octanol–water partition coefficient (Wildman–Crippen LogP) is 2.33. The molecule has 2 heterocycles. The Bertz CT molecular complexity index is 828. The Kier molecular flexibility index (Phi) is 2.80. The van der Waals surface area contributed by atoms with Gasteiger partial charge in [-0.15, -0.1) is 5.10 Å². The Morgan fingerprint density at radius 2 is 1.95 bits per heavy atom. The zero-order chi connectivity index (χ0) is 14.3. The summed E-state index contributed by atoms with van der Waals surface area (Å²) in [6.45, 7) is 0. The first-order valence-corrected chi connectivity index (χ1v) is 6.09. The molecule has 0 aliphatic carbocycles. The number of carbonyl (C=O) groups is 1. The van der Waals surface area contributed by atoms with E-state index in [0.29, 0.717) is 16.2 Å². The van der Waals surface area contributed by atoms with E-state index in [1.54, 1.807) is 12.1 Å². The molecule has 2 aromatic heterocycles. The Morgan fingerprint density at radius 3 is 2.65 bits per heavy atom. The molecule has 7 heteroatoms. The number of aromatic nitrogens is 3. The Labute approximate surface area is 118 Å². The van der Waals surface area contributed by atoms with E-state index < -0.39 is 5.97 Å². The van der Waals surface area contributed by atoms with Gasteiger partial charge in [0.25, 0.3) is 0 Å². The van der Waals surface area contributed by atoms with Gasteiger partial charge in [-0.25, -0.2) is 9.31 Å². The molecular weight excluding hydrogens is 280 g/mol. The largest absolute Gasteiger partial charge is 0.477 e. The molecule has 0 saturated carbocycles. The maximum atomic E-state index is 11.2. The number of carboxylic acid groups (broad SMARTS) is 1. The molecule has 0 aliphatic rings. The minimum absolute atomic E-state index is 0.00648. The van der Waals surface area contributed by atoms with Crippen LogP contribution < -0.4 is 5.73 Å². The minimum Gasteiger partial charge on any atom is -0.477 e. The zero-order valence-corrected chi connectivity index (χ0v) is 10.9. The molecule has 0 unspecified atom stereocenters. The quantitative estimate of drug-likeness (QED) is 0.755. The van der Waals surface area contributed by atoms with Crippen LogP contribution in [0.25, 0.3) is 16.8 Å². The highest BCUT2D eigenvalue weighted by atomic mass is 35.5. The van der Waals surface area contributed by atoms with Crippen molar-refractivity contribution in [3.63, 3.8) is 0 Å². The van der Waals surface area contributed by atoms with Gasteiger partial charge in [0.2, 0.25) is 5.95 Å². The van der Waals surface area contributed by atoms with E-state index in [9.17, 15) is 4.79 Å². The minimum atomic E-state index is -1.11. The molecule has 0 fully saturated rings. The number of aromatic carboxylic acids is 1. The highest BCUT2D eigenvalue weighted by molar-refractivity contribution is 6.33. The van der Waals surface area contributed by atoms with Crippen molar-refractivity contribution in [1.29, 1.82) is 0 Å². The van der Waals surface area contributed by atoms with Crippen LogP contribution in [0.5, 0.6) is 0 Å². The lowest BCUT2D eigenvalue weighted by Gasteiger charge is -2.07. The van der Waals surface area contributed by atoms with Crippen LogP contribution in [0.15, 0.2) is 36.4 Å². The summed E-state index contributed by atoms with van der Waals surface area (Å²) in [4.78, 5) is 15.3. The average molecular weight is 289 g/mol. The van der Waals surface area contributed by atoms with Crippen LogP contribution in [0.1, 0.15) is 10.5 Å². The summed E-state index contributed by atoms with van der Waals surface area (Å²) in [6, 6.07) is 10.3. The van der Waals surface area contributed by atoms with Gasteiger partial charge in [-0.1, -0.05) is 29.8 Å². The van der Waals surface area contributed by atoms with Crippen LogP contribution in [0.3, 0.4) is 0 Å². The summed E-state index contributed by atoms with van der Waals surface area (Å²) in [5, 5.41) is 13.6. The van der Waals surface area contributed by atoms with Gasteiger partial charge in [0.1, 0.15) is 0 Å². The summed E-state index contributed by atoms with van der Waals surface area (Å²) in [5.74, 6) is -1.10. The second-order valence-corrected chi connectivity index (χ2v) is 4.53. The standard InChI is InChI=1S/C13H9ClN4O2/c14-9-4-2-1-3-7(9)8-5-6-10(12(19)20)18-11(8)16-13(15)17-18/h1-6H,(H2,15,17)(H,19,20). The molecule has 100 valence electrons. The summed E-state index contributed by atoms with van der Waals surface area (Å²) in [5.41, 5.74) is 7.33. The van der Waals surface area contributed by atoms with Crippen LogP contribution in [0, 0.1) is 0 Å². The van der Waals surface area contributed by atoms with Crippen LogP contribution in [-0.2, 0) is 0 Å². The number of pyridine rings is 1. The Hall–Kier alpha value is -2.60. The molecule has 0 saturated heterocycles. The van der Waals surface area contributed by atoms with Crippen LogP contribution >= 0.6 is 11.6 Å². The van der Waals surface area contributed by atoms with Gasteiger partial charge in [-0.05, 0) is 18.2 Å². The molecule has 0 radical (unpaired) electrons.